The summed E-state index contributed by atoms with van der Waals surface area (Å²) in [5, 5.41) is 11.8. The van der Waals surface area contributed by atoms with Gasteiger partial charge in [0.15, 0.2) is 5.13 Å². The Morgan fingerprint density at radius 1 is 1.00 bits per heavy atom. The van der Waals surface area contributed by atoms with Gasteiger partial charge >= 0.3 is 0 Å². The Morgan fingerprint density at radius 3 is 2.50 bits per heavy atom. The van der Waals surface area contributed by atoms with Gasteiger partial charge in [-0.25, -0.2) is 9.67 Å². The van der Waals surface area contributed by atoms with Crippen molar-refractivity contribution in [2.45, 2.75) is 70.4 Å². The Hall–Kier alpha value is -3.89. The first kappa shape index (κ1) is 27.0. The first-order chi connectivity index (χ1) is 20.5. The molecule has 0 bridgehead atoms. The number of aryl methyl sites for hydroxylation is 1. The quantitative estimate of drug-likeness (QED) is 0.322. The van der Waals surface area contributed by atoms with Crippen LogP contribution in [0.1, 0.15) is 67.1 Å². The summed E-state index contributed by atoms with van der Waals surface area (Å²) >= 11 is 1.47. The van der Waals surface area contributed by atoms with Crippen LogP contribution in [0.2, 0.25) is 0 Å². The van der Waals surface area contributed by atoms with E-state index in [9.17, 15) is 9.59 Å². The van der Waals surface area contributed by atoms with Crippen LogP contribution in [0.3, 0.4) is 0 Å². The fourth-order valence-corrected chi connectivity index (χ4v) is 7.83. The van der Waals surface area contributed by atoms with E-state index in [1.165, 1.54) is 44.2 Å². The van der Waals surface area contributed by atoms with E-state index in [4.69, 9.17) is 10.1 Å². The number of hydrogen-bond acceptors (Lipinski definition) is 7. The van der Waals surface area contributed by atoms with E-state index in [1.54, 1.807) is 6.20 Å². The number of pyridine rings is 1. The van der Waals surface area contributed by atoms with Crippen LogP contribution in [0.4, 0.5) is 5.13 Å². The maximum Gasteiger partial charge on any atom is 0.251 e. The molecule has 0 unspecified atom stereocenters. The summed E-state index contributed by atoms with van der Waals surface area (Å²) in [5.41, 5.74) is 6.45. The molecular formula is C32H35N7O2S. The highest BCUT2D eigenvalue weighted by Gasteiger charge is 2.31. The van der Waals surface area contributed by atoms with Gasteiger partial charge in [0.25, 0.3) is 5.91 Å². The van der Waals surface area contributed by atoms with Crippen LogP contribution >= 0.6 is 11.3 Å². The number of fused-ring (bicyclic) bond motifs is 3. The summed E-state index contributed by atoms with van der Waals surface area (Å²) in [5.74, 6) is -0.159. The second-order valence-corrected chi connectivity index (χ2v) is 12.6. The van der Waals surface area contributed by atoms with Crippen LogP contribution in [0.25, 0.3) is 27.5 Å². The molecule has 2 N–H and O–H groups in total. The average Bonchev–Trinajstić information content (AvgIpc) is 3.76. The molecule has 0 spiro atoms. The molecule has 0 atom stereocenters. The van der Waals surface area contributed by atoms with Crippen molar-refractivity contribution in [2.75, 3.05) is 18.4 Å². The summed E-state index contributed by atoms with van der Waals surface area (Å²) in [7, 11) is 0. The summed E-state index contributed by atoms with van der Waals surface area (Å²) in [6, 6.07) is 12.6. The number of likely N-dealkylation sites (tertiary alicyclic amines) is 1. The minimum absolute atomic E-state index is 0.0191. The molecule has 216 valence electrons. The Labute approximate surface area is 249 Å². The number of aromatic nitrogens is 4. The maximum absolute atomic E-state index is 13.2. The molecular weight excluding hydrogens is 546 g/mol. The van der Waals surface area contributed by atoms with Gasteiger partial charge in [0.2, 0.25) is 5.91 Å². The van der Waals surface area contributed by atoms with Gasteiger partial charge in [0.1, 0.15) is 0 Å². The fourth-order valence-electron chi connectivity index (χ4n) is 6.71. The van der Waals surface area contributed by atoms with Crippen molar-refractivity contribution in [3.63, 3.8) is 0 Å². The lowest BCUT2D eigenvalue weighted by molar-refractivity contribution is -0.114. The standard InChI is InChI=1S/C32H35N7O2S/c1-20(40)34-32-36-27-15-14-26-28(22-5-4-16-33-19-22)37-39(29(26)30(27)42-32)25-10-6-21(7-11-25)31(41)35-23-8-12-24(13-9-23)38-17-2-3-18-38/h4-7,10-11,16,19,23-24H,2-3,8-9,12-15,17-18H2,1H3,(H,35,41)(H,34,36,40). The second kappa shape index (κ2) is 11.4. The highest BCUT2D eigenvalue weighted by molar-refractivity contribution is 7.19. The number of thiazole rings is 1. The predicted molar refractivity (Wildman–Crippen MR) is 164 cm³/mol. The van der Waals surface area contributed by atoms with E-state index >= 15 is 0 Å². The molecule has 1 saturated heterocycles. The van der Waals surface area contributed by atoms with Gasteiger partial charge in [0.05, 0.1) is 27.6 Å². The molecule has 3 aromatic heterocycles. The molecule has 4 aromatic rings. The van der Waals surface area contributed by atoms with Crippen molar-refractivity contribution >= 4 is 28.3 Å². The monoisotopic (exact) mass is 581 g/mol. The van der Waals surface area contributed by atoms with Gasteiger partial charge in [-0.15, -0.1) is 0 Å². The Morgan fingerprint density at radius 2 is 1.79 bits per heavy atom. The third-order valence-corrected chi connectivity index (χ3v) is 9.81. The largest absolute Gasteiger partial charge is 0.349 e. The van der Waals surface area contributed by atoms with Gasteiger partial charge < -0.3 is 15.5 Å². The summed E-state index contributed by atoms with van der Waals surface area (Å²) in [4.78, 5) is 37.6. The van der Waals surface area contributed by atoms with Crippen LogP contribution in [-0.4, -0.2) is 61.6 Å². The molecule has 1 saturated carbocycles. The topological polar surface area (TPSA) is 105 Å². The highest BCUT2D eigenvalue weighted by Crippen LogP contribution is 2.44. The number of carbonyl (C=O) groups excluding carboxylic acids is 2. The van der Waals surface area contributed by atoms with Gasteiger partial charge in [-0.05, 0) is 101 Å². The van der Waals surface area contributed by atoms with Crippen LogP contribution < -0.4 is 10.6 Å². The summed E-state index contributed by atoms with van der Waals surface area (Å²) < 4.78 is 1.95. The molecule has 2 aliphatic carbocycles. The second-order valence-electron chi connectivity index (χ2n) is 11.6. The number of carbonyl (C=O) groups is 2. The minimum atomic E-state index is -0.139. The number of amides is 2. The lowest BCUT2D eigenvalue weighted by Gasteiger charge is -2.34. The van der Waals surface area contributed by atoms with Crippen LogP contribution in [0, 0.1) is 0 Å². The predicted octanol–water partition coefficient (Wildman–Crippen LogP) is 5.25. The zero-order valence-electron chi connectivity index (χ0n) is 23.8. The molecule has 0 radical (unpaired) electrons. The third-order valence-electron chi connectivity index (χ3n) is 8.79. The molecule has 1 aromatic carbocycles. The Bertz CT molecular complexity index is 1600. The minimum Gasteiger partial charge on any atom is -0.349 e. The maximum atomic E-state index is 13.2. The van der Waals surface area contributed by atoms with E-state index in [2.05, 4.69) is 20.5 Å². The molecule has 2 amide bonds. The normalized spacial score (nSPS) is 20.1. The Kier molecular flexibility index (Phi) is 7.33. The lowest BCUT2D eigenvalue weighted by atomic mass is 9.90. The molecule has 9 nitrogen and oxygen atoms in total. The fraction of sp³-hybridized carbons (Fsp3) is 0.406. The zero-order valence-corrected chi connectivity index (χ0v) is 24.6. The number of hydrogen-bond donors (Lipinski definition) is 2. The van der Waals surface area contributed by atoms with E-state index in [1.807, 2.05) is 47.3 Å². The molecule has 10 heteroatoms. The molecule has 4 heterocycles. The van der Waals surface area contributed by atoms with E-state index in [-0.39, 0.29) is 17.9 Å². The SMILES string of the molecule is CC(=O)Nc1nc2c(s1)-c1c(c(-c3cccnc3)nn1-c1ccc(C(=O)NC3CCC(N4CCCC4)CC3)cc1)CC2. The van der Waals surface area contributed by atoms with E-state index in [0.717, 1.165) is 77.3 Å². The number of benzene rings is 1. The number of nitrogens with zero attached hydrogens (tertiary/aromatic N) is 5. The molecule has 42 heavy (non-hydrogen) atoms. The van der Waals surface area contributed by atoms with Crippen molar-refractivity contribution in [3.05, 3.63) is 65.6 Å². The zero-order chi connectivity index (χ0) is 28.6. The summed E-state index contributed by atoms with van der Waals surface area (Å²) in [6.45, 7) is 3.96. The van der Waals surface area contributed by atoms with E-state index in [0.29, 0.717) is 16.7 Å². The highest BCUT2D eigenvalue weighted by atomic mass is 32.1. The van der Waals surface area contributed by atoms with Crippen molar-refractivity contribution < 1.29 is 9.59 Å². The lowest BCUT2D eigenvalue weighted by Crippen LogP contribution is -2.43. The van der Waals surface area contributed by atoms with Crippen LogP contribution in [0.15, 0.2) is 48.8 Å². The van der Waals surface area contributed by atoms with Crippen molar-refractivity contribution in [2.24, 2.45) is 0 Å². The third kappa shape index (κ3) is 5.25. The molecule has 1 aliphatic heterocycles. The number of anilines is 1. The smallest absolute Gasteiger partial charge is 0.251 e. The van der Waals surface area contributed by atoms with Gasteiger partial charge in [-0.3, -0.25) is 14.6 Å². The number of rotatable bonds is 6. The molecule has 2 fully saturated rings. The van der Waals surface area contributed by atoms with Crippen molar-refractivity contribution in [3.8, 4) is 27.5 Å². The average molecular weight is 582 g/mol. The first-order valence-electron chi connectivity index (χ1n) is 15.0. The van der Waals surface area contributed by atoms with Crippen molar-refractivity contribution in [1.29, 1.82) is 0 Å². The number of nitrogens with one attached hydrogen (secondary N) is 2. The molecule has 7 rings (SSSR count). The molecule has 3 aliphatic rings. The van der Waals surface area contributed by atoms with Crippen LogP contribution in [-0.2, 0) is 17.6 Å². The van der Waals surface area contributed by atoms with Crippen LogP contribution in [0.5, 0.6) is 0 Å². The Balaban J connectivity index is 1.14. The first-order valence-corrected chi connectivity index (χ1v) is 15.8. The van der Waals surface area contributed by atoms with Crippen molar-refractivity contribution in [1.82, 2.24) is 30.0 Å². The van der Waals surface area contributed by atoms with Gasteiger partial charge in [-0.1, -0.05) is 11.3 Å². The van der Waals surface area contributed by atoms with Gasteiger partial charge in [0, 0.05) is 48.1 Å². The summed E-state index contributed by atoms with van der Waals surface area (Å²) in [6.07, 6.45) is 12.2. The van der Waals surface area contributed by atoms with Gasteiger partial charge in [-0.2, -0.15) is 5.10 Å². The van der Waals surface area contributed by atoms with E-state index < -0.39 is 0 Å².